The number of ether oxygens (including phenoxy) is 2. The fourth-order valence-electron chi connectivity index (χ4n) is 4.80. The maximum Gasteiger partial charge on any atom is 0.295 e. The Morgan fingerprint density at radius 2 is 1.51 bits per heavy atom. The summed E-state index contributed by atoms with van der Waals surface area (Å²) in [5.74, 6) is -0.390. The number of likely N-dealkylation sites (tertiary alicyclic amines) is 1. The minimum absolute atomic E-state index is 0.0947. The molecule has 37 heavy (non-hydrogen) atoms. The summed E-state index contributed by atoms with van der Waals surface area (Å²) in [7, 11) is 3.10. The molecule has 1 aliphatic rings. The zero-order chi connectivity index (χ0) is 26.8. The van der Waals surface area contributed by atoms with Gasteiger partial charge in [0, 0.05) is 12.1 Å². The van der Waals surface area contributed by atoms with Crippen LogP contribution in [0.4, 0.5) is 0 Å². The molecule has 1 heterocycles. The normalized spacial score (nSPS) is 17.0. The van der Waals surface area contributed by atoms with Crippen molar-refractivity contribution in [1.82, 2.24) is 9.80 Å². The van der Waals surface area contributed by atoms with E-state index >= 15 is 0 Å². The Hall–Kier alpha value is -3.32. The van der Waals surface area contributed by atoms with Gasteiger partial charge in [-0.2, -0.15) is 0 Å². The van der Waals surface area contributed by atoms with Crippen LogP contribution in [0.5, 0.6) is 11.5 Å². The maximum atomic E-state index is 13.3. The topological polar surface area (TPSA) is 79.3 Å². The molecule has 1 aliphatic heterocycles. The van der Waals surface area contributed by atoms with Crippen molar-refractivity contribution in [3.63, 3.8) is 0 Å². The Morgan fingerprint density at radius 1 is 0.892 bits per heavy atom. The smallest absolute Gasteiger partial charge is 0.295 e. The highest BCUT2D eigenvalue weighted by Crippen LogP contribution is 2.42. The summed E-state index contributed by atoms with van der Waals surface area (Å²) >= 11 is 0. The van der Waals surface area contributed by atoms with Gasteiger partial charge in [-0.05, 0) is 56.6 Å². The van der Waals surface area contributed by atoms with Gasteiger partial charge in [0.25, 0.3) is 11.7 Å². The molecule has 2 aromatic rings. The fourth-order valence-corrected chi connectivity index (χ4v) is 4.80. The number of hydrogen-bond donors (Lipinski definition) is 1. The van der Waals surface area contributed by atoms with Gasteiger partial charge in [0.05, 0.1) is 25.8 Å². The molecular weight excluding hydrogens is 468 g/mol. The van der Waals surface area contributed by atoms with Crippen LogP contribution in [0.3, 0.4) is 0 Å². The molecule has 1 N–H and O–H groups in total. The first kappa shape index (κ1) is 28.3. The molecule has 1 unspecified atom stereocenters. The van der Waals surface area contributed by atoms with E-state index in [0.717, 1.165) is 51.7 Å². The van der Waals surface area contributed by atoms with E-state index < -0.39 is 17.7 Å². The first-order valence-corrected chi connectivity index (χ1v) is 13.2. The van der Waals surface area contributed by atoms with Crippen molar-refractivity contribution in [2.24, 2.45) is 0 Å². The number of rotatable bonds is 14. The largest absolute Gasteiger partial charge is 0.507 e. The van der Waals surface area contributed by atoms with Crippen LogP contribution in [-0.4, -0.2) is 67.0 Å². The number of nitrogens with zero attached hydrogens (tertiary/aromatic N) is 2. The second-order valence-electron chi connectivity index (χ2n) is 9.38. The Bertz CT molecular complexity index is 1070. The molecule has 2 aromatic carbocycles. The lowest BCUT2D eigenvalue weighted by Crippen LogP contribution is -2.34. The molecule has 0 saturated carbocycles. The van der Waals surface area contributed by atoms with E-state index in [2.05, 4.69) is 18.7 Å². The van der Waals surface area contributed by atoms with E-state index in [-0.39, 0.29) is 11.3 Å². The number of unbranched alkanes of at least 4 members (excludes halogenated alkanes) is 2. The van der Waals surface area contributed by atoms with Crippen molar-refractivity contribution >= 4 is 17.4 Å². The summed E-state index contributed by atoms with van der Waals surface area (Å²) in [5.41, 5.74) is 1.27. The molecule has 1 amide bonds. The second kappa shape index (κ2) is 13.8. The maximum absolute atomic E-state index is 13.3. The number of aliphatic hydroxyl groups is 1. The molecule has 200 valence electrons. The van der Waals surface area contributed by atoms with Crippen LogP contribution in [0.2, 0.25) is 0 Å². The monoisotopic (exact) mass is 508 g/mol. The van der Waals surface area contributed by atoms with Crippen LogP contribution in [-0.2, 0) is 9.59 Å². The van der Waals surface area contributed by atoms with Gasteiger partial charge in [0.15, 0.2) is 11.5 Å². The van der Waals surface area contributed by atoms with E-state index in [1.165, 1.54) is 0 Å². The predicted octanol–water partition coefficient (Wildman–Crippen LogP) is 5.42. The van der Waals surface area contributed by atoms with Crippen LogP contribution in [0.1, 0.15) is 63.1 Å². The molecule has 3 rings (SSSR count). The first-order chi connectivity index (χ1) is 18.0. The average Bonchev–Trinajstić information content (AvgIpc) is 3.18. The van der Waals surface area contributed by atoms with Crippen LogP contribution < -0.4 is 9.47 Å². The Kier molecular flexibility index (Phi) is 10.6. The van der Waals surface area contributed by atoms with E-state index in [9.17, 15) is 14.7 Å². The van der Waals surface area contributed by atoms with Crippen LogP contribution in [0, 0.1) is 0 Å². The highest BCUT2D eigenvalue weighted by atomic mass is 16.5. The van der Waals surface area contributed by atoms with Gasteiger partial charge in [-0.15, -0.1) is 0 Å². The molecule has 0 aromatic heterocycles. The van der Waals surface area contributed by atoms with Crippen molar-refractivity contribution in [3.8, 4) is 11.5 Å². The molecule has 0 aliphatic carbocycles. The molecule has 7 nitrogen and oxygen atoms in total. The molecule has 1 saturated heterocycles. The van der Waals surface area contributed by atoms with Crippen molar-refractivity contribution in [3.05, 3.63) is 65.2 Å². The highest BCUT2D eigenvalue weighted by molar-refractivity contribution is 6.46. The molecule has 0 radical (unpaired) electrons. The number of aliphatic hydroxyl groups excluding tert-OH is 1. The molecule has 1 atom stereocenters. The second-order valence-corrected chi connectivity index (χ2v) is 9.38. The Balaban J connectivity index is 1.96. The quantitative estimate of drug-likeness (QED) is 0.209. The molecule has 7 heteroatoms. The first-order valence-electron chi connectivity index (χ1n) is 13.2. The highest BCUT2D eigenvalue weighted by Gasteiger charge is 2.46. The summed E-state index contributed by atoms with van der Waals surface area (Å²) in [6.45, 7) is 7.69. The number of hydrogen-bond acceptors (Lipinski definition) is 6. The number of benzene rings is 2. The zero-order valence-electron chi connectivity index (χ0n) is 22.5. The zero-order valence-corrected chi connectivity index (χ0v) is 22.5. The van der Waals surface area contributed by atoms with E-state index in [0.29, 0.717) is 29.2 Å². The molecule has 0 spiro atoms. The third kappa shape index (κ3) is 6.72. The predicted molar refractivity (Wildman–Crippen MR) is 146 cm³/mol. The summed E-state index contributed by atoms with van der Waals surface area (Å²) in [4.78, 5) is 30.6. The van der Waals surface area contributed by atoms with Crippen LogP contribution in [0.25, 0.3) is 5.76 Å². The van der Waals surface area contributed by atoms with E-state index in [1.54, 1.807) is 55.5 Å². The van der Waals surface area contributed by atoms with E-state index in [4.69, 9.17) is 9.47 Å². The third-order valence-corrected chi connectivity index (χ3v) is 6.84. The van der Waals surface area contributed by atoms with Crippen molar-refractivity contribution < 1.29 is 24.2 Å². The van der Waals surface area contributed by atoms with Gasteiger partial charge in [-0.25, -0.2) is 0 Å². The summed E-state index contributed by atoms with van der Waals surface area (Å²) in [6.07, 6.45) is 5.27. The average molecular weight is 509 g/mol. The SMILES string of the molecule is CCCCN(CCCC)CCCN1C(=O)C(=O)/C(=C(\O)c2ccccc2)C1c1ccc(OC)c(OC)c1. The lowest BCUT2D eigenvalue weighted by Gasteiger charge is -2.28. The fraction of sp³-hybridized carbons (Fsp3) is 0.467. The van der Waals surface area contributed by atoms with Crippen LogP contribution >= 0.6 is 0 Å². The Labute approximate surface area is 220 Å². The van der Waals surface area contributed by atoms with Gasteiger partial charge in [-0.1, -0.05) is 63.1 Å². The van der Waals surface area contributed by atoms with Gasteiger partial charge in [-0.3, -0.25) is 9.59 Å². The Morgan fingerprint density at radius 3 is 2.11 bits per heavy atom. The number of carbonyl (C=O) groups excluding carboxylic acids is 2. The molecule has 1 fully saturated rings. The van der Waals surface area contributed by atoms with Crippen LogP contribution in [0.15, 0.2) is 54.1 Å². The minimum Gasteiger partial charge on any atom is -0.507 e. The standard InChI is InChI=1S/C30H40N2O5/c1-5-7-17-31(18-8-6-2)19-12-20-32-27(23-15-16-24(36-3)25(21-23)37-4)26(29(34)30(32)35)28(33)22-13-10-9-11-14-22/h9-11,13-16,21,27,33H,5-8,12,17-20H2,1-4H3/b28-26-. The number of ketones is 1. The number of amides is 1. The number of Topliss-reactive ketones (excluding diaryl/α,β-unsaturated/α-hetero) is 1. The van der Waals surface area contributed by atoms with Crippen molar-refractivity contribution in [1.29, 1.82) is 0 Å². The van der Waals surface area contributed by atoms with E-state index in [1.807, 2.05) is 12.1 Å². The van der Waals surface area contributed by atoms with Gasteiger partial charge in [0.1, 0.15) is 5.76 Å². The molecule has 0 bridgehead atoms. The third-order valence-electron chi connectivity index (χ3n) is 6.84. The summed E-state index contributed by atoms with van der Waals surface area (Å²) in [5, 5.41) is 11.2. The van der Waals surface area contributed by atoms with Crippen molar-refractivity contribution in [2.75, 3.05) is 40.4 Å². The van der Waals surface area contributed by atoms with Crippen molar-refractivity contribution in [2.45, 2.75) is 52.0 Å². The lowest BCUT2D eigenvalue weighted by molar-refractivity contribution is -0.140. The van der Waals surface area contributed by atoms with Gasteiger partial charge >= 0.3 is 0 Å². The summed E-state index contributed by atoms with van der Waals surface area (Å²) in [6, 6.07) is 13.5. The minimum atomic E-state index is -0.722. The summed E-state index contributed by atoms with van der Waals surface area (Å²) < 4.78 is 10.9. The number of methoxy groups -OCH3 is 2. The lowest BCUT2D eigenvalue weighted by atomic mass is 9.95. The molecular formula is C30H40N2O5. The van der Waals surface area contributed by atoms with Gasteiger partial charge < -0.3 is 24.4 Å². The van der Waals surface area contributed by atoms with Gasteiger partial charge in [0.2, 0.25) is 0 Å². The number of carbonyl (C=O) groups is 2.